The van der Waals surface area contributed by atoms with Gasteiger partial charge in [-0.15, -0.1) is 0 Å². The molecule has 0 spiro atoms. The molecule has 0 aromatic carbocycles. The van der Waals surface area contributed by atoms with E-state index in [1.54, 1.807) is 4.90 Å². The molecule has 0 aromatic rings. The van der Waals surface area contributed by atoms with E-state index in [1.165, 1.54) is 0 Å². The van der Waals surface area contributed by atoms with E-state index in [9.17, 15) is 4.79 Å². The van der Waals surface area contributed by atoms with Crippen molar-refractivity contribution < 1.29 is 9.53 Å². The minimum absolute atomic E-state index is 0.204. The van der Waals surface area contributed by atoms with Gasteiger partial charge in [-0.3, -0.25) is 4.79 Å². The Morgan fingerprint density at radius 2 is 2.44 bits per heavy atom. The molecule has 0 N–H and O–H groups in total. The Balaban J connectivity index is 2.14. The summed E-state index contributed by atoms with van der Waals surface area (Å²) in [6, 6.07) is 0.400. The minimum Gasteiger partial charge on any atom is -0.378 e. The maximum atomic E-state index is 10.9. The second-order valence-corrected chi connectivity index (χ2v) is 2.66. The lowest BCUT2D eigenvalue weighted by molar-refractivity contribution is -0.149. The molecule has 0 radical (unpaired) electrons. The van der Waals surface area contributed by atoms with Crippen LogP contribution in [0.4, 0.5) is 0 Å². The van der Waals surface area contributed by atoms with Crippen molar-refractivity contribution in [3.05, 3.63) is 0 Å². The van der Waals surface area contributed by atoms with Crippen LogP contribution in [0.3, 0.4) is 0 Å². The summed E-state index contributed by atoms with van der Waals surface area (Å²) < 4.78 is 5.11. The Morgan fingerprint density at radius 3 is 3.11 bits per heavy atom. The van der Waals surface area contributed by atoms with Crippen LogP contribution in [0.15, 0.2) is 0 Å². The zero-order valence-corrected chi connectivity index (χ0v) is 5.33. The van der Waals surface area contributed by atoms with E-state index >= 15 is 0 Å². The smallest absolute Gasteiger partial charge is 0.230 e. The molecule has 2 aliphatic rings. The lowest BCUT2D eigenvalue weighted by atomic mass is 9.92. The lowest BCUT2D eigenvalue weighted by Crippen LogP contribution is -2.57. The van der Waals surface area contributed by atoms with Crippen LogP contribution >= 0.6 is 0 Å². The zero-order chi connectivity index (χ0) is 6.43. The maximum Gasteiger partial charge on any atom is 0.230 e. The second-order valence-electron chi connectivity index (χ2n) is 2.66. The quantitative estimate of drug-likeness (QED) is 0.409. The predicted octanol–water partition coefficient (Wildman–Crippen LogP) is -0.527. The molecule has 2 fully saturated rings. The van der Waals surface area contributed by atoms with E-state index in [0.717, 1.165) is 6.61 Å². The molecule has 0 unspecified atom stereocenters. The van der Waals surface area contributed by atoms with Crippen molar-refractivity contribution in [1.29, 1.82) is 0 Å². The Morgan fingerprint density at radius 1 is 1.67 bits per heavy atom. The van der Waals surface area contributed by atoms with E-state index in [1.807, 2.05) is 7.05 Å². The van der Waals surface area contributed by atoms with Gasteiger partial charge < -0.3 is 9.64 Å². The Bertz CT molecular complexity index is 157. The molecule has 3 nitrogen and oxygen atoms in total. The molecule has 0 aromatic heterocycles. The first-order chi connectivity index (χ1) is 4.30. The number of hydrogen-bond donors (Lipinski definition) is 0. The van der Waals surface area contributed by atoms with E-state index < -0.39 is 0 Å². The fourth-order valence-electron chi connectivity index (χ4n) is 1.50. The SMILES string of the molecule is CN1C(=O)[C@@H]2COC[C@@H]21. The molecule has 2 aliphatic heterocycles. The average Bonchev–Trinajstić information content (AvgIpc) is 2.30. The van der Waals surface area contributed by atoms with Crippen LogP contribution in [0.25, 0.3) is 0 Å². The number of rotatable bonds is 0. The number of likely N-dealkylation sites (N-methyl/N-ethyl adjacent to an activating group) is 1. The third-order valence-electron chi connectivity index (χ3n) is 2.21. The summed E-state index contributed by atoms with van der Waals surface area (Å²) in [4.78, 5) is 12.7. The molecule has 3 heteroatoms. The number of likely N-dealkylation sites (tertiary alicyclic amines) is 1. The molecule has 50 valence electrons. The van der Waals surface area contributed by atoms with Crippen LogP contribution in [0.1, 0.15) is 0 Å². The molecule has 0 aliphatic carbocycles. The van der Waals surface area contributed by atoms with Crippen molar-refractivity contribution >= 4 is 5.91 Å². The van der Waals surface area contributed by atoms with Gasteiger partial charge in [0.05, 0.1) is 25.2 Å². The van der Waals surface area contributed by atoms with Gasteiger partial charge >= 0.3 is 0 Å². The normalized spacial score (nSPS) is 40.6. The van der Waals surface area contributed by atoms with Gasteiger partial charge in [0, 0.05) is 7.05 Å². The van der Waals surface area contributed by atoms with Crippen LogP contribution < -0.4 is 0 Å². The van der Waals surface area contributed by atoms with Gasteiger partial charge in [-0.05, 0) is 0 Å². The molecule has 2 rings (SSSR count). The number of nitrogens with zero attached hydrogens (tertiary/aromatic N) is 1. The van der Waals surface area contributed by atoms with E-state index in [-0.39, 0.29) is 11.8 Å². The van der Waals surface area contributed by atoms with Crippen molar-refractivity contribution in [1.82, 2.24) is 4.90 Å². The largest absolute Gasteiger partial charge is 0.378 e. The summed E-state index contributed by atoms with van der Waals surface area (Å²) in [5, 5.41) is 0. The van der Waals surface area contributed by atoms with Crippen molar-refractivity contribution in [2.75, 3.05) is 20.3 Å². The molecular weight excluding hydrogens is 118 g/mol. The minimum atomic E-state index is 0.204. The summed E-state index contributed by atoms with van der Waals surface area (Å²) in [5.74, 6) is 0.451. The zero-order valence-electron chi connectivity index (χ0n) is 5.33. The highest BCUT2D eigenvalue weighted by Gasteiger charge is 2.48. The van der Waals surface area contributed by atoms with Crippen molar-refractivity contribution in [2.24, 2.45) is 5.92 Å². The predicted molar refractivity (Wildman–Crippen MR) is 30.9 cm³/mol. The summed E-state index contributed by atoms with van der Waals surface area (Å²) in [6.07, 6.45) is 0. The number of amides is 1. The third kappa shape index (κ3) is 0.477. The van der Waals surface area contributed by atoms with Gasteiger partial charge in [-0.2, -0.15) is 0 Å². The van der Waals surface area contributed by atoms with Crippen molar-refractivity contribution in [3.63, 3.8) is 0 Å². The van der Waals surface area contributed by atoms with E-state index in [0.29, 0.717) is 12.6 Å². The highest BCUT2D eigenvalue weighted by molar-refractivity contribution is 5.86. The number of β-lactam (4-membered cyclic amide) rings is 1. The molecule has 2 saturated heterocycles. The Labute approximate surface area is 53.6 Å². The molecular formula is C6H9NO2. The summed E-state index contributed by atoms with van der Waals surface area (Å²) in [7, 11) is 1.83. The van der Waals surface area contributed by atoms with Crippen LogP contribution in [0, 0.1) is 5.92 Å². The van der Waals surface area contributed by atoms with E-state index in [4.69, 9.17) is 4.74 Å². The van der Waals surface area contributed by atoms with Gasteiger partial charge in [0.1, 0.15) is 0 Å². The number of carbonyl (C=O) groups is 1. The first-order valence-electron chi connectivity index (χ1n) is 3.15. The van der Waals surface area contributed by atoms with Gasteiger partial charge in [-0.1, -0.05) is 0 Å². The highest BCUT2D eigenvalue weighted by Crippen LogP contribution is 2.29. The topological polar surface area (TPSA) is 29.5 Å². The summed E-state index contributed by atoms with van der Waals surface area (Å²) in [6.45, 7) is 1.39. The Hall–Kier alpha value is -0.570. The van der Waals surface area contributed by atoms with E-state index in [2.05, 4.69) is 0 Å². The number of carbonyl (C=O) groups excluding carboxylic acids is 1. The second kappa shape index (κ2) is 1.48. The van der Waals surface area contributed by atoms with Gasteiger partial charge in [0.15, 0.2) is 0 Å². The monoisotopic (exact) mass is 127 g/mol. The third-order valence-corrected chi connectivity index (χ3v) is 2.21. The molecule has 9 heavy (non-hydrogen) atoms. The molecule has 2 atom stereocenters. The Kier molecular flexibility index (Phi) is 0.858. The molecule has 1 amide bonds. The maximum absolute atomic E-state index is 10.9. The summed E-state index contributed by atoms with van der Waals surface area (Å²) in [5.41, 5.74) is 0. The first kappa shape index (κ1) is 5.23. The molecule has 0 bridgehead atoms. The fourth-order valence-corrected chi connectivity index (χ4v) is 1.50. The van der Waals surface area contributed by atoms with Crippen LogP contribution in [0.2, 0.25) is 0 Å². The van der Waals surface area contributed by atoms with Crippen LogP contribution in [0.5, 0.6) is 0 Å². The lowest BCUT2D eigenvalue weighted by Gasteiger charge is -2.38. The first-order valence-corrected chi connectivity index (χ1v) is 3.15. The van der Waals surface area contributed by atoms with Crippen molar-refractivity contribution in [2.45, 2.75) is 6.04 Å². The highest BCUT2D eigenvalue weighted by atomic mass is 16.5. The van der Waals surface area contributed by atoms with Crippen LogP contribution in [-0.4, -0.2) is 37.1 Å². The number of hydrogen-bond acceptors (Lipinski definition) is 2. The number of ether oxygens (including phenoxy) is 1. The standard InChI is InChI=1S/C6H9NO2/c1-7-5-3-9-2-4(5)6(7)8/h4-5H,2-3H2,1H3/t4-,5+/m1/s1. The molecule has 0 saturated carbocycles. The average molecular weight is 127 g/mol. The van der Waals surface area contributed by atoms with Gasteiger partial charge in [-0.25, -0.2) is 0 Å². The van der Waals surface area contributed by atoms with Crippen molar-refractivity contribution in [3.8, 4) is 0 Å². The van der Waals surface area contributed by atoms with Gasteiger partial charge in [0.25, 0.3) is 0 Å². The van der Waals surface area contributed by atoms with Gasteiger partial charge in [0.2, 0.25) is 5.91 Å². The summed E-state index contributed by atoms with van der Waals surface area (Å²) >= 11 is 0. The molecule has 2 heterocycles. The number of fused-ring (bicyclic) bond motifs is 1. The fraction of sp³-hybridized carbons (Fsp3) is 0.833. The van der Waals surface area contributed by atoms with Crippen LogP contribution in [-0.2, 0) is 9.53 Å².